The standard InChI is InChI=1S/C36H38N2O9.C35H36N2O9/c1-4-15-45-36(41)38-28-21-31(46-22-24-11-9-10-23(17-24)18-32(39)43-3)30(42-2)20-26(28)34(40)37-27-13-6-5-12-25(27)19-29(37)35(38)47-33-14-7-8-16-44-33;1-3-14-44-35(41)37-27-20-30(45-21-23-10-8-9-22(16-23)17-31(38)39)29(42-2)19-25(27)33(40)36-26-12-5-4-11-24(26)18-28(36)34(37)46-32-13-6-7-15-43-32/h4-6,9-13,17,20-21,29,33,35H,1,7-8,14-16,18-19,22H2,2-3H3;3-5,8-12,16,19-20,28,32,34H,1,6-7,13-15,17-18,21H2,2H3,(H,38,39)/t29-,33?,35?;28-,32?,34?/m00/s1. The van der Waals surface area contributed by atoms with Crippen LogP contribution in [0.15, 0.2) is 147 Å². The molecule has 486 valence electrons. The fraction of sp³-hybridized carbons (Fsp3) is 0.352. The summed E-state index contributed by atoms with van der Waals surface area (Å²) in [5, 5.41) is 9.21. The first-order valence-electron chi connectivity index (χ1n) is 30.9. The number of anilines is 4. The molecule has 22 heteroatoms. The van der Waals surface area contributed by atoms with Crippen molar-refractivity contribution in [3.8, 4) is 23.0 Å². The first-order valence-corrected chi connectivity index (χ1v) is 30.9. The molecule has 2 fully saturated rings. The van der Waals surface area contributed by atoms with Gasteiger partial charge in [-0.05, 0) is 109 Å². The summed E-state index contributed by atoms with van der Waals surface area (Å²) in [4.78, 5) is 86.2. The van der Waals surface area contributed by atoms with Crippen molar-refractivity contribution in [1.29, 1.82) is 0 Å². The molecule has 4 amide bonds. The maximum atomic E-state index is 14.5. The molecule has 22 nitrogen and oxygen atoms in total. The number of aliphatic carboxylic acids is 1. The number of hydrogen-bond acceptors (Lipinski definition) is 17. The van der Waals surface area contributed by atoms with Crippen LogP contribution in [0.4, 0.5) is 32.3 Å². The molecule has 0 saturated carbocycles. The van der Waals surface area contributed by atoms with Crippen LogP contribution in [0.5, 0.6) is 23.0 Å². The van der Waals surface area contributed by atoms with E-state index in [0.29, 0.717) is 56.0 Å². The second-order valence-electron chi connectivity index (χ2n) is 22.8. The van der Waals surface area contributed by atoms with Crippen molar-refractivity contribution in [2.45, 2.75) is 115 Å². The summed E-state index contributed by atoms with van der Waals surface area (Å²) in [6, 6.07) is 35.0. The van der Waals surface area contributed by atoms with E-state index >= 15 is 0 Å². The van der Waals surface area contributed by atoms with E-state index in [1.54, 1.807) is 52.3 Å². The summed E-state index contributed by atoms with van der Waals surface area (Å²) < 4.78 is 65.0. The second-order valence-corrected chi connectivity index (χ2v) is 22.8. The van der Waals surface area contributed by atoms with E-state index in [1.807, 2.05) is 78.9 Å². The molecule has 6 aromatic carbocycles. The highest BCUT2D eigenvalue weighted by Gasteiger charge is 2.52. The van der Waals surface area contributed by atoms with E-state index in [1.165, 1.54) is 43.3 Å². The summed E-state index contributed by atoms with van der Waals surface area (Å²) >= 11 is 0. The van der Waals surface area contributed by atoms with Gasteiger partial charge in [0.15, 0.2) is 48.0 Å². The van der Waals surface area contributed by atoms with Crippen LogP contribution in [0.2, 0.25) is 0 Å². The summed E-state index contributed by atoms with van der Waals surface area (Å²) in [7, 11) is 4.31. The van der Waals surface area contributed by atoms with E-state index in [9.17, 15) is 33.9 Å². The van der Waals surface area contributed by atoms with Gasteiger partial charge in [0, 0.05) is 36.7 Å². The van der Waals surface area contributed by atoms with Crippen LogP contribution in [-0.2, 0) is 81.6 Å². The van der Waals surface area contributed by atoms with Gasteiger partial charge in [-0.15, -0.1) is 0 Å². The van der Waals surface area contributed by atoms with Gasteiger partial charge in [-0.1, -0.05) is 110 Å². The SMILES string of the molecule is C=CCOC(=O)N1c2cc(OCc3cccc(CC(=O)O)c3)c(OC)cc2C(=O)N2c3ccccc3C[C@H]2C1OC1CCCCO1.C=CCOC(=O)N1c2cc(OCc3cccc(CC(=O)OC)c3)c(OC)cc2C(=O)N2c3ccccc3C[C@H]2C1OC1CCCCO1. The fourth-order valence-electron chi connectivity index (χ4n) is 12.5. The molecule has 6 heterocycles. The third kappa shape index (κ3) is 14.3. The van der Waals surface area contributed by atoms with Gasteiger partial charge < -0.3 is 67.0 Å². The topological polar surface area (TPSA) is 237 Å². The molecule has 6 aliphatic rings. The van der Waals surface area contributed by atoms with Crippen LogP contribution in [-0.4, -0.2) is 126 Å². The molecule has 6 aromatic rings. The number of benzene rings is 6. The number of carbonyl (C=O) groups is 6. The quantitative estimate of drug-likeness (QED) is 0.0425. The van der Waals surface area contributed by atoms with Gasteiger partial charge in [0.2, 0.25) is 0 Å². The highest BCUT2D eigenvalue weighted by atomic mass is 16.7. The lowest BCUT2D eigenvalue weighted by Gasteiger charge is -2.38. The molecular weight excluding hydrogens is 1200 g/mol. The Kier molecular flexibility index (Phi) is 20.7. The number of nitrogens with zero attached hydrogens (tertiary/aromatic N) is 4. The molecule has 4 unspecified atom stereocenters. The van der Waals surface area contributed by atoms with Crippen LogP contribution in [0, 0.1) is 0 Å². The number of para-hydroxylation sites is 2. The van der Waals surface area contributed by atoms with E-state index in [-0.39, 0.29) is 91.1 Å². The Hall–Kier alpha value is -9.74. The Morgan fingerprint density at radius 3 is 1.39 bits per heavy atom. The Morgan fingerprint density at radius 1 is 0.538 bits per heavy atom. The zero-order valence-corrected chi connectivity index (χ0v) is 52.1. The molecule has 1 N–H and O–H groups in total. The lowest BCUT2D eigenvalue weighted by atomic mass is 10.1. The molecular formula is C71H74N4O18. The van der Waals surface area contributed by atoms with Crippen LogP contribution in [0.25, 0.3) is 0 Å². The third-order valence-electron chi connectivity index (χ3n) is 16.8. The van der Waals surface area contributed by atoms with Crippen molar-refractivity contribution in [2.24, 2.45) is 0 Å². The number of hydrogen-bond donors (Lipinski definition) is 1. The predicted molar refractivity (Wildman–Crippen MR) is 341 cm³/mol. The van der Waals surface area contributed by atoms with Gasteiger partial charge in [0.1, 0.15) is 26.4 Å². The van der Waals surface area contributed by atoms with E-state index in [2.05, 4.69) is 13.2 Å². The summed E-state index contributed by atoms with van der Waals surface area (Å²) in [5.41, 5.74) is 7.29. The molecule has 12 rings (SSSR count). The first kappa shape index (κ1) is 64.8. The van der Waals surface area contributed by atoms with Crippen molar-refractivity contribution in [1.82, 2.24) is 0 Å². The highest BCUT2D eigenvalue weighted by molar-refractivity contribution is 6.16. The molecule has 6 atom stereocenters. The minimum atomic E-state index is -0.966. The molecule has 0 aliphatic carbocycles. The van der Waals surface area contributed by atoms with Crippen LogP contribution < -0.4 is 38.5 Å². The largest absolute Gasteiger partial charge is 0.493 e. The van der Waals surface area contributed by atoms with Crippen molar-refractivity contribution in [3.63, 3.8) is 0 Å². The number of carboxylic acid groups (broad SMARTS) is 1. The first-order chi connectivity index (χ1) is 45.3. The Labute approximate surface area is 538 Å². The van der Waals surface area contributed by atoms with Gasteiger partial charge in [0.05, 0.1) is 68.8 Å². The minimum absolute atomic E-state index is 0.0404. The zero-order chi connectivity index (χ0) is 65.1. The van der Waals surface area contributed by atoms with Crippen LogP contribution in [0.3, 0.4) is 0 Å². The summed E-state index contributed by atoms with van der Waals surface area (Å²) in [5.74, 6) is -0.753. The van der Waals surface area contributed by atoms with Crippen molar-refractivity contribution in [3.05, 3.63) is 191 Å². The zero-order valence-electron chi connectivity index (χ0n) is 52.1. The molecule has 0 bridgehead atoms. The molecule has 0 spiro atoms. The van der Waals surface area contributed by atoms with E-state index in [0.717, 1.165) is 64.9 Å². The van der Waals surface area contributed by atoms with Crippen LogP contribution in [0.1, 0.15) is 92.6 Å². The van der Waals surface area contributed by atoms with Crippen LogP contribution >= 0.6 is 0 Å². The molecule has 0 radical (unpaired) electrons. The smallest absolute Gasteiger partial charge is 0.416 e. The minimum Gasteiger partial charge on any atom is -0.493 e. The number of esters is 1. The number of amides is 4. The Bertz CT molecular complexity index is 3770. The van der Waals surface area contributed by atoms with E-state index < -0.39 is 55.3 Å². The van der Waals surface area contributed by atoms with Gasteiger partial charge in [-0.3, -0.25) is 19.2 Å². The lowest BCUT2D eigenvalue weighted by Crippen LogP contribution is -2.55. The maximum Gasteiger partial charge on any atom is 0.416 e. The molecule has 93 heavy (non-hydrogen) atoms. The highest BCUT2D eigenvalue weighted by Crippen LogP contribution is 2.48. The predicted octanol–water partition coefficient (Wildman–Crippen LogP) is 11.1. The normalized spacial score (nSPS) is 20.1. The monoisotopic (exact) mass is 1270 g/mol. The van der Waals surface area contributed by atoms with Gasteiger partial charge in [-0.25, -0.2) is 19.4 Å². The maximum absolute atomic E-state index is 14.5. The van der Waals surface area contributed by atoms with Crippen molar-refractivity contribution in [2.75, 3.05) is 67.4 Å². The summed E-state index contributed by atoms with van der Waals surface area (Å²) in [6.45, 7) is 8.55. The van der Waals surface area contributed by atoms with Crippen molar-refractivity contribution < 1.29 is 86.0 Å². The Balaban J connectivity index is 0.000000190. The summed E-state index contributed by atoms with van der Waals surface area (Å²) in [6.07, 6.45) is 4.33. The fourth-order valence-corrected chi connectivity index (χ4v) is 12.5. The van der Waals surface area contributed by atoms with Gasteiger partial charge in [-0.2, -0.15) is 0 Å². The molecule has 6 aliphatic heterocycles. The lowest BCUT2D eigenvalue weighted by molar-refractivity contribution is -0.190. The van der Waals surface area contributed by atoms with Crippen molar-refractivity contribution >= 4 is 58.7 Å². The number of carbonyl (C=O) groups excluding carboxylic acids is 5. The number of methoxy groups -OCH3 is 3. The molecule has 2 saturated heterocycles. The number of ether oxygens (including phenoxy) is 11. The van der Waals surface area contributed by atoms with E-state index in [4.69, 9.17) is 52.1 Å². The average Bonchev–Trinajstić information content (AvgIpc) is 1.60. The Morgan fingerprint density at radius 2 is 0.978 bits per heavy atom. The number of rotatable bonds is 20. The van der Waals surface area contributed by atoms with Gasteiger partial charge in [0.25, 0.3) is 11.8 Å². The molecule has 0 aromatic heterocycles. The number of carboxylic acids is 1. The second kappa shape index (κ2) is 29.7. The van der Waals surface area contributed by atoms with Gasteiger partial charge >= 0.3 is 24.1 Å². The average molecular weight is 1270 g/mol. The number of fused-ring (bicyclic) bond motifs is 8. The third-order valence-corrected chi connectivity index (χ3v) is 16.8.